The number of carbonyl (C=O) groups is 1. The molecule has 1 aliphatic rings. The zero-order valence-corrected chi connectivity index (χ0v) is 12.6. The first-order valence-corrected chi connectivity index (χ1v) is 7.24. The number of amides is 1. The lowest BCUT2D eigenvalue weighted by molar-refractivity contribution is 0.0235. The molecule has 0 aromatic heterocycles. The molecular formula is C16H24N2O2. The Balaban J connectivity index is 1.89. The van der Waals surface area contributed by atoms with Gasteiger partial charge in [-0.3, -0.25) is 0 Å². The van der Waals surface area contributed by atoms with E-state index in [1.807, 2.05) is 56.0 Å². The lowest BCUT2D eigenvalue weighted by atomic mass is 10.2. The fraction of sp³-hybridized carbons (Fsp3) is 0.562. The second kappa shape index (κ2) is 6.16. The predicted molar refractivity (Wildman–Crippen MR) is 80.9 cm³/mol. The molecule has 0 aliphatic carbocycles. The number of carbonyl (C=O) groups excluding carboxylic acids is 1. The van der Waals surface area contributed by atoms with Gasteiger partial charge in [0.25, 0.3) is 0 Å². The van der Waals surface area contributed by atoms with E-state index >= 15 is 0 Å². The number of ether oxygens (including phenoxy) is 1. The number of hydrogen-bond acceptors (Lipinski definition) is 3. The van der Waals surface area contributed by atoms with Crippen LogP contribution in [0.4, 0.5) is 10.5 Å². The van der Waals surface area contributed by atoms with Crippen molar-refractivity contribution in [2.24, 2.45) is 0 Å². The van der Waals surface area contributed by atoms with Crippen molar-refractivity contribution in [2.75, 3.05) is 18.4 Å². The number of para-hydroxylation sites is 1. The summed E-state index contributed by atoms with van der Waals surface area (Å²) >= 11 is 0. The van der Waals surface area contributed by atoms with E-state index in [4.69, 9.17) is 4.74 Å². The molecule has 1 fully saturated rings. The second-order valence-corrected chi connectivity index (χ2v) is 6.22. The zero-order valence-electron chi connectivity index (χ0n) is 12.6. The average Bonchev–Trinajstić information content (AvgIpc) is 2.84. The van der Waals surface area contributed by atoms with Crippen LogP contribution in [0.15, 0.2) is 30.3 Å². The van der Waals surface area contributed by atoms with Crippen LogP contribution in [0.25, 0.3) is 0 Å². The van der Waals surface area contributed by atoms with Crippen LogP contribution in [0.1, 0.15) is 33.6 Å². The van der Waals surface area contributed by atoms with Gasteiger partial charge in [-0.15, -0.1) is 0 Å². The highest BCUT2D eigenvalue weighted by molar-refractivity contribution is 5.69. The maximum absolute atomic E-state index is 12.2. The van der Waals surface area contributed by atoms with E-state index in [1.54, 1.807) is 0 Å². The van der Waals surface area contributed by atoms with Gasteiger partial charge in [-0.2, -0.15) is 0 Å². The fourth-order valence-corrected chi connectivity index (χ4v) is 2.40. The first kappa shape index (κ1) is 14.7. The van der Waals surface area contributed by atoms with Gasteiger partial charge in [0.1, 0.15) is 5.60 Å². The fourth-order valence-electron chi connectivity index (χ4n) is 2.40. The van der Waals surface area contributed by atoms with Crippen LogP contribution in [-0.2, 0) is 4.74 Å². The van der Waals surface area contributed by atoms with Crippen molar-refractivity contribution in [1.29, 1.82) is 0 Å². The molecule has 0 bridgehead atoms. The summed E-state index contributed by atoms with van der Waals surface area (Å²) in [6.45, 7) is 7.26. The number of anilines is 1. The van der Waals surface area contributed by atoms with Crippen LogP contribution >= 0.6 is 0 Å². The average molecular weight is 276 g/mol. The molecule has 4 nitrogen and oxygen atoms in total. The third kappa shape index (κ3) is 4.15. The van der Waals surface area contributed by atoms with Crippen LogP contribution in [0, 0.1) is 0 Å². The van der Waals surface area contributed by atoms with Crippen molar-refractivity contribution >= 4 is 11.8 Å². The number of nitrogens with zero attached hydrogens (tertiary/aromatic N) is 1. The molecule has 1 aromatic carbocycles. The van der Waals surface area contributed by atoms with Gasteiger partial charge in [0.05, 0.1) is 6.04 Å². The number of benzene rings is 1. The van der Waals surface area contributed by atoms with Crippen molar-refractivity contribution in [3.63, 3.8) is 0 Å². The molecule has 110 valence electrons. The summed E-state index contributed by atoms with van der Waals surface area (Å²) in [6.07, 6.45) is 1.87. The van der Waals surface area contributed by atoms with E-state index in [-0.39, 0.29) is 12.1 Å². The molecule has 4 heteroatoms. The van der Waals surface area contributed by atoms with Gasteiger partial charge in [-0.05, 0) is 45.7 Å². The Kier molecular flexibility index (Phi) is 4.53. The standard InChI is InChI=1S/C16H24N2O2/c1-16(2,3)20-15(19)18-11-7-10-14(18)12-17-13-8-5-4-6-9-13/h4-6,8-9,14,17H,7,10-12H2,1-3H3/t14-/m0/s1. The predicted octanol–water partition coefficient (Wildman–Crippen LogP) is 3.50. The van der Waals surface area contributed by atoms with Gasteiger partial charge >= 0.3 is 6.09 Å². The van der Waals surface area contributed by atoms with Crippen LogP contribution in [0.2, 0.25) is 0 Å². The van der Waals surface area contributed by atoms with Crippen LogP contribution in [0.5, 0.6) is 0 Å². The summed E-state index contributed by atoms with van der Waals surface area (Å²) in [4.78, 5) is 14.0. The van der Waals surface area contributed by atoms with Crippen molar-refractivity contribution in [2.45, 2.75) is 45.3 Å². The van der Waals surface area contributed by atoms with Gasteiger partial charge in [0.15, 0.2) is 0 Å². The van der Waals surface area contributed by atoms with E-state index < -0.39 is 5.60 Å². The molecule has 1 heterocycles. The topological polar surface area (TPSA) is 41.6 Å². The third-order valence-corrected chi connectivity index (χ3v) is 3.32. The Labute approximate surface area is 121 Å². The highest BCUT2D eigenvalue weighted by atomic mass is 16.6. The summed E-state index contributed by atoms with van der Waals surface area (Å²) < 4.78 is 5.46. The molecule has 0 saturated carbocycles. The minimum Gasteiger partial charge on any atom is -0.444 e. The summed E-state index contributed by atoms with van der Waals surface area (Å²) in [7, 11) is 0. The minimum absolute atomic E-state index is 0.199. The molecule has 1 aromatic rings. The molecule has 0 radical (unpaired) electrons. The SMILES string of the molecule is CC(C)(C)OC(=O)N1CCC[C@H]1CNc1ccccc1. The maximum Gasteiger partial charge on any atom is 0.410 e. The summed E-state index contributed by atoms with van der Waals surface area (Å²) in [5.41, 5.74) is 0.653. The first-order chi connectivity index (χ1) is 9.46. The summed E-state index contributed by atoms with van der Waals surface area (Å²) in [5.74, 6) is 0. The molecule has 0 unspecified atom stereocenters. The van der Waals surface area contributed by atoms with Crippen LogP contribution in [0.3, 0.4) is 0 Å². The van der Waals surface area contributed by atoms with Crippen molar-refractivity contribution < 1.29 is 9.53 Å². The first-order valence-electron chi connectivity index (χ1n) is 7.24. The molecule has 1 atom stereocenters. The van der Waals surface area contributed by atoms with Crippen LogP contribution < -0.4 is 5.32 Å². The Morgan fingerprint density at radius 3 is 2.70 bits per heavy atom. The highest BCUT2D eigenvalue weighted by Gasteiger charge is 2.31. The quantitative estimate of drug-likeness (QED) is 0.918. The monoisotopic (exact) mass is 276 g/mol. The van der Waals surface area contributed by atoms with Crippen molar-refractivity contribution in [3.8, 4) is 0 Å². The number of likely N-dealkylation sites (tertiary alicyclic amines) is 1. The third-order valence-electron chi connectivity index (χ3n) is 3.32. The van der Waals surface area contributed by atoms with Crippen molar-refractivity contribution in [3.05, 3.63) is 30.3 Å². The molecule has 1 amide bonds. The largest absolute Gasteiger partial charge is 0.444 e. The van der Waals surface area contributed by atoms with Crippen molar-refractivity contribution in [1.82, 2.24) is 4.90 Å². The lowest BCUT2D eigenvalue weighted by Crippen LogP contribution is -2.42. The van der Waals surface area contributed by atoms with E-state index in [1.165, 1.54) is 0 Å². The van der Waals surface area contributed by atoms with E-state index in [2.05, 4.69) is 5.32 Å². The Morgan fingerprint density at radius 1 is 1.35 bits per heavy atom. The summed E-state index contributed by atoms with van der Waals surface area (Å²) in [5, 5.41) is 3.38. The normalized spacial score (nSPS) is 18.9. The van der Waals surface area contributed by atoms with Gasteiger partial charge < -0.3 is 15.0 Å². The molecule has 1 saturated heterocycles. The summed E-state index contributed by atoms with van der Waals surface area (Å²) in [6, 6.07) is 10.3. The molecular weight excluding hydrogens is 252 g/mol. The van der Waals surface area contributed by atoms with E-state index in [0.29, 0.717) is 0 Å². The van der Waals surface area contributed by atoms with E-state index in [0.717, 1.165) is 31.6 Å². The smallest absolute Gasteiger partial charge is 0.410 e. The molecule has 1 aliphatic heterocycles. The molecule has 1 N–H and O–H groups in total. The van der Waals surface area contributed by atoms with Gasteiger partial charge in [-0.25, -0.2) is 4.79 Å². The Hall–Kier alpha value is -1.71. The zero-order chi connectivity index (χ0) is 14.6. The Morgan fingerprint density at radius 2 is 2.05 bits per heavy atom. The molecule has 2 rings (SSSR count). The Bertz CT molecular complexity index is 440. The van der Waals surface area contributed by atoms with Crippen LogP contribution in [-0.4, -0.2) is 35.7 Å². The lowest BCUT2D eigenvalue weighted by Gasteiger charge is -2.28. The number of nitrogens with one attached hydrogen (secondary N) is 1. The number of rotatable bonds is 3. The highest BCUT2D eigenvalue weighted by Crippen LogP contribution is 2.21. The second-order valence-electron chi connectivity index (χ2n) is 6.22. The van der Waals surface area contributed by atoms with Gasteiger partial charge in [0, 0.05) is 18.8 Å². The molecule has 0 spiro atoms. The van der Waals surface area contributed by atoms with E-state index in [9.17, 15) is 4.79 Å². The minimum atomic E-state index is -0.433. The number of hydrogen-bond donors (Lipinski definition) is 1. The van der Waals surface area contributed by atoms with Gasteiger partial charge in [0.2, 0.25) is 0 Å². The molecule has 20 heavy (non-hydrogen) atoms. The maximum atomic E-state index is 12.2. The van der Waals surface area contributed by atoms with Gasteiger partial charge in [-0.1, -0.05) is 18.2 Å².